The molecule has 0 aliphatic heterocycles. The van der Waals surface area contributed by atoms with Gasteiger partial charge < -0.3 is 17.6 Å². The van der Waals surface area contributed by atoms with Crippen molar-refractivity contribution in [2.45, 2.75) is 12.8 Å². The summed E-state index contributed by atoms with van der Waals surface area (Å²) in [4.78, 5) is 19.5. The first-order valence-corrected chi connectivity index (χ1v) is 2.41. The SMILES string of the molecule is O=C(O)[CH-]CCC(=O)O.[CH3-].[Y]. The van der Waals surface area contributed by atoms with E-state index >= 15 is 0 Å². The zero-order valence-corrected chi connectivity index (χ0v) is 9.12. The number of carboxylic acids is 2. The van der Waals surface area contributed by atoms with Crippen LogP contribution in [0.1, 0.15) is 12.8 Å². The van der Waals surface area contributed by atoms with Gasteiger partial charge in [-0.2, -0.15) is 0 Å². The maximum Gasteiger partial charge on any atom is 0.300 e. The summed E-state index contributed by atoms with van der Waals surface area (Å²) in [6, 6.07) is 0. The molecule has 0 bridgehead atoms. The van der Waals surface area contributed by atoms with E-state index in [-0.39, 0.29) is 53.0 Å². The van der Waals surface area contributed by atoms with E-state index in [4.69, 9.17) is 10.2 Å². The summed E-state index contributed by atoms with van der Waals surface area (Å²) in [6.07, 6.45) is 0.894. The third-order valence-electron chi connectivity index (χ3n) is 0.677. The normalized spacial score (nSPS) is 6.91. The quantitative estimate of drug-likeness (QED) is 0.699. The maximum absolute atomic E-state index is 9.77. The second-order valence-corrected chi connectivity index (χ2v) is 1.47. The van der Waals surface area contributed by atoms with Crippen LogP contribution in [0.2, 0.25) is 0 Å². The molecule has 2 N–H and O–H groups in total. The van der Waals surface area contributed by atoms with E-state index in [1.165, 1.54) is 0 Å². The first-order chi connectivity index (χ1) is 4.13. The van der Waals surface area contributed by atoms with Crippen LogP contribution in [-0.2, 0) is 42.3 Å². The third-order valence-corrected chi connectivity index (χ3v) is 0.677. The van der Waals surface area contributed by atoms with Gasteiger partial charge in [0.25, 0.3) is 0 Å². The molecule has 4 nitrogen and oxygen atoms in total. The topological polar surface area (TPSA) is 74.6 Å². The van der Waals surface area contributed by atoms with Crippen LogP contribution in [0.5, 0.6) is 0 Å². The molecule has 0 rings (SSSR count). The van der Waals surface area contributed by atoms with Crippen molar-refractivity contribution in [1.82, 2.24) is 0 Å². The van der Waals surface area contributed by atoms with Gasteiger partial charge in [0.1, 0.15) is 0 Å². The Bertz CT molecular complexity index is 110. The van der Waals surface area contributed by atoms with E-state index in [9.17, 15) is 9.59 Å². The fourth-order valence-electron chi connectivity index (χ4n) is 0.319. The molecular weight excluding hydrogens is 225 g/mol. The number of carboxylic acid groups (broad SMARTS) is 2. The van der Waals surface area contributed by atoms with Crippen LogP contribution in [0.25, 0.3) is 0 Å². The molecule has 0 atom stereocenters. The van der Waals surface area contributed by atoms with E-state index in [0.29, 0.717) is 0 Å². The van der Waals surface area contributed by atoms with Crippen LogP contribution in [0, 0.1) is 13.8 Å². The fraction of sp³-hybridized carbons (Fsp3) is 0.333. The van der Waals surface area contributed by atoms with Gasteiger partial charge in [-0.3, -0.25) is 16.0 Å². The van der Waals surface area contributed by atoms with Gasteiger partial charge in [-0.1, -0.05) is 0 Å². The summed E-state index contributed by atoms with van der Waals surface area (Å²) in [5.41, 5.74) is 0. The van der Waals surface area contributed by atoms with Crippen LogP contribution in [0.4, 0.5) is 0 Å². The molecule has 0 saturated carbocycles. The molecule has 0 aliphatic rings. The Morgan fingerprint density at radius 2 is 1.73 bits per heavy atom. The molecule has 1 radical (unpaired) electrons. The Hall–Kier alpha value is -0.0861. The molecule has 63 valence electrons. The smallest absolute Gasteiger partial charge is 0.300 e. The van der Waals surface area contributed by atoms with Crippen LogP contribution in [0.3, 0.4) is 0 Å². The zero-order chi connectivity index (χ0) is 7.28. The van der Waals surface area contributed by atoms with Crippen molar-refractivity contribution >= 4 is 11.9 Å². The molecule has 0 aromatic carbocycles. The Labute approximate surface area is 90.9 Å². The molecule has 0 aromatic rings. The summed E-state index contributed by atoms with van der Waals surface area (Å²) in [6.45, 7) is 0. The molecule has 5 heteroatoms. The molecule has 0 aromatic heterocycles. The van der Waals surface area contributed by atoms with Crippen LogP contribution in [-0.4, -0.2) is 22.2 Å². The predicted octanol–water partition coefficient (Wildman–Crippen LogP) is 0.588. The second kappa shape index (κ2) is 9.91. The van der Waals surface area contributed by atoms with Gasteiger partial charge >= 0.3 is 5.97 Å². The molecular formula is C6H10O4Y-2. The number of aliphatic carboxylic acids is 2. The minimum atomic E-state index is -1.07. The van der Waals surface area contributed by atoms with Gasteiger partial charge in [-0.15, -0.1) is 6.42 Å². The summed E-state index contributed by atoms with van der Waals surface area (Å²) in [7, 11) is 0. The van der Waals surface area contributed by atoms with Gasteiger partial charge in [-0.05, 0) is 0 Å². The van der Waals surface area contributed by atoms with Crippen molar-refractivity contribution in [3.8, 4) is 0 Å². The predicted molar refractivity (Wildman–Crippen MR) is 35.2 cm³/mol. The average Bonchev–Trinajstić information content (AvgIpc) is 1.63. The van der Waals surface area contributed by atoms with Crippen molar-refractivity contribution in [2.75, 3.05) is 0 Å². The van der Waals surface area contributed by atoms with Gasteiger partial charge in [-0.25, -0.2) is 0 Å². The van der Waals surface area contributed by atoms with E-state index in [2.05, 4.69) is 0 Å². The molecule has 11 heavy (non-hydrogen) atoms. The molecule has 0 heterocycles. The maximum atomic E-state index is 9.77. The Morgan fingerprint density at radius 1 is 1.27 bits per heavy atom. The van der Waals surface area contributed by atoms with Crippen LogP contribution >= 0.6 is 0 Å². The summed E-state index contributed by atoms with van der Waals surface area (Å²) in [5.74, 6) is -2.05. The minimum absolute atomic E-state index is 0. The number of hydrogen-bond acceptors (Lipinski definition) is 2. The molecule has 0 saturated heterocycles. The minimum Gasteiger partial charge on any atom is -0.503 e. The average molecular weight is 235 g/mol. The molecule has 0 unspecified atom stereocenters. The van der Waals surface area contributed by atoms with E-state index in [1.807, 2.05) is 0 Å². The number of hydrogen-bond donors (Lipinski definition) is 2. The zero-order valence-electron chi connectivity index (χ0n) is 6.28. The van der Waals surface area contributed by atoms with Crippen molar-refractivity contribution in [3.63, 3.8) is 0 Å². The van der Waals surface area contributed by atoms with E-state index in [0.717, 1.165) is 6.42 Å². The fourth-order valence-corrected chi connectivity index (χ4v) is 0.319. The third kappa shape index (κ3) is 17.8. The van der Waals surface area contributed by atoms with Crippen LogP contribution in [0.15, 0.2) is 0 Å². The van der Waals surface area contributed by atoms with Crippen molar-refractivity contribution in [1.29, 1.82) is 0 Å². The van der Waals surface area contributed by atoms with Crippen LogP contribution < -0.4 is 0 Å². The first kappa shape index (κ1) is 17.1. The second-order valence-electron chi connectivity index (χ2n) is 1.47. The van der Waals surface area contributed by atoms with Crippen molar-refractivity contribution < 1.29 is 52.5 Å². The van der Waals surface area contributed by atoms with Gasteiger partial charge in [0.05, 0.1) is 0 Å². The van der Waals surface area contributed by atoms with E-state index < -0.39 is 11.9 Å². The van der Waals surface area contributed by atoms with E-state index in [1.54, 1.807) is 0 Å². The van der Waals surface area contributed by atoms with Gasteiger partial charge in [0.15, 0.2) is 5.97 Å². The standard InChI is InChI=1S/C5H7O4.CH3.Y/c6-4(7)2-1-3-5(8)9;;/h2H,1,3H2,(H,6,7)(H,8,9);1H3;/q2*-1;. The first-order valence-electron chi connectivity index (χ1n) is 2.41. The molecule has 0 fully saturated rings. The van der Waals surface area contributed by atoms with Gasteiger partial charge in [0.2, 0.25) is 0 Å². The number of rotatable bonds is 4. The monoisotopic (exact) mass is 235 g/mol. The summed E-state index contributed by atoms with van der Waals surface area (Å²) in [5, 5.41) is 16.0. The Morgan fingerprint density at radius 3 is 2.00 bits per heavy atom. The summed E-state index contributed by atoms with van der Waals surface area (Å²) < 4.78 is 0. The van der Waals surface area contributed by atoms with Crippen molar-refractivity contribution in [3.05, 3.63) is 13.8 Å². The molecule has 0 amide bonds. The Kier molecular flexibility index (Phi) is 15.4. The largest absolute Gasteiger partial charge is 0.503 e. The molecule has 0 aliphatic carbocycles. The Balaban J connectivity index is -0.000000320. The summed E-state index contributed by atoms with van der Waals surface area (Å²) >= 11 is 0. The van der Waals surface area contributed by atoms with Gasteiger partial charge in [0, 0.05) is 39.1 Å². The molecule has 0 spiro atoms. The van der Waals surface area contributed by atoms with Crippen molar-refractivity contribution in [2.24, 2.45) is 0 Å². The number of carbonyl (C=O) groups is 2.